The fraction of sp³-hybridized carbons (Fsp3) is 0.600. The van der Waals surface area contributed by atoms with Gasteiger partial charge in [0.2, 0.25) is 0 Å². The zero-order valence-corrected chi connectivity index (χ0v) is 19.6. The van der Waals surface area contributed by atoms with Crippen LogP contribution in [0, 0.1) is 5.82 Å². The number of benzene rings is 1. The molecule has 0 aliphatic heterocycles. The Morgan fingerprint density at radius 2 is 1.65 bits per heavy atom. The highest BCUT2D eigenvalue weighted by molar-refractivity contribution is 9.10. The summed E-state index contributed by atoms with van der Waals surface area (Å²) in [5.74, 6) is 0.773. The minimum atomic E-state index is -0.294. The van der Waals surface area contributed by atoms with Crippen LogP contribution in [0.3, 0.4) is 0 Å². The van der Waals surface area contributed by atoms with Crippen molar-refractivity contribution in [2.24, 2.45) is 0 Å². The Morgan fingerprint density at radius 3 is 2.32 bits per heavy atom. The molecule has 0 spiro atoms. The summed E-state index contributed by atoms with van der Waals surface area (Å²) in [4.78, 5) is 20.6. The quantitative estimate of drug-likeness (QED) is 0.495. The molecule has 2 amide bonds. The van der Waals surface area contributed by atoms with Crippen molar-refractivity contribution in [3.05, 3.63) is 34.2 Å². The van der Waals surface area contributed by atoms with Crippen molar-refractivity contribution in [3.63, 3.8) is 0 Å². The van der Waals surface area contributed by atoms with Crippen molar-refractivity contribution in [1.82, 2.24) is 10.3 Å². The largest absolute Gasteiger partial charge is 0.335 e. The highest BCUT2D eigenvalue weighted by Crippen LogP contribution is 2.46. The van der Waals surface area contributed by atoms with Crippen molar-refractivity contribution in [2.75, 3.05) is 4.90 Å². The Hall–Kier alpha value is -1.69. The van der Waals surface area contributed by atoms with Gasteiger partial charge < -0.3 is 5.32 Å². The van der Waals surface area contributed by atoms with Crippen LogP contribution < -0.4 is 10.2 Å². The lowest BCUT2D eigenvalue weighted by atomic mass is 9.93. The smallest absolute Gasteiger partial charge is 0.323 e. The number of amides is 2. The summed E-state index contributed by atoms with van der Waals surface area (Å²) < 4.78 is 15.3. The van der Waals surface area contributed by atoms with E-state index in [1.807, 2.05) is 11.0 Å². The third-order valence-electron chi connectivity index (χ3n) is 7.19. The number of carbonyl (C=O) groups excluding carboxylic acids is 1. The molecule has 3 fully saturated rings. The summed E-state index contributed by atoms with van der Waals surface area (Å²) in [6, 6.07) is 5.16. The van der Waals surface area contributed by atoms with Crippen molar-refractivity contribution in [1.29, 1.82) is 0 Å². The minimum absolute atomic E-state index is 0.0547. The van der Waals surface area contributed by atoms with Crippen molar-refractivity contribution in [2.45, 2.75) is 95.1 Å². The first kappa shape index (κ1) is 21.2. The van der Waals surface area contributed by atoms with Gasteiger partial charge in [-0.05, 0) is 66.6 Å². The molecule has 31 heavy (non-hydrogen) atoms. The van der Waals surface area contributed by atoms with Crippen LogP contribution in [-0.4, -0.2) is 23.1 Å². The average molecular weight is 488 g/mol. The number of aromatic nitrogens is 1. The van der Waals surface area contributed by atoms with Crippen molar-refractivity contribution < 1.29 is 9.18 Å². The summed E-state index contributed by atoms with van der Waals surface area (Å²) in [7, 11) is 0. The zero-order valence-electron chi connectivity index (χ0n) is 18.0. The van der Waals surface area contributed by atoms with Gasteiger partial charge in [0.1, 0.15) is 11.6 Å². The molecule has 0 radical (unpaired) electrons. The molecule has 1 heterocycles. The van der Waals surface area contributed by atoms with E-state index >= 15 is 0 Å². The second-order valence-electron chi connectivity index (χ2n) is 9.55. The Morgan fingerprint density at radius 1 is 0.968 bits per heavy atom. The molecular formula is C25H31BrFN3O. The maximum Gasteiger partial charge on any atom is 0.323 e. The fourth-order valence-corrected chi connectivity index (χ4v) is 6.09. The van der Waals surface area contributed by atoms with Gasteiger partial charge in [-0.1, -0.05) is 44.6 Å². The Bertz CT molecular complexity index is 965. The van der Waals surface area contributed by atoms with E-state index in [2.05, 4.69) is 21.2 Å². The van der Waals surface area contributed by atoms with Crippen LogP contribution in [0.5, 0.6) is 0 Å². The maximum absolute atomic E-state index is 14.3. The van der Waals surface area contributed by atoms with E-state index < -0.39 is 0 Å². The Kier molecular flexibility index (Phi) is 6.18. The maximum atomic E-state index is 14.3. The number of halogens is 2. The number of nitrogens with one attached hydrogen (secondary N) is 1. The predicted molar refractivity (Wildman–Crippen MR) is 126 cm³/mol. The van der Waals surface area contributed by atoms with Crippen LogP contribution >= 0.6 is 15.9 Å². The van der Waals surface area contributed by atoms with Gasteiger partial charge in [-0.2, -0.15) is 0 Å². The van der Waals surface area contributed by atoms with E-state index in [1.165, 1.54) is 31.7 Å². The first-order valence-electron chi connectivity index (χ1n) is 12.0. The van der Waals surface area contributed by atoms with Crippen molar-refractivity contribution >= 4 is 38.6 Å². The topological polar surface area (TPSA) is 45.2 Å². The predicted octanol–water partition coefficient (Wildman–Crippen LogP) is 7.20. The summed E-state index contributed by atoms with van der Waals surface area (Å²) >= 11 is 3.74. The van der Waals surface area contributed by atoms with Crippen LogP contribution in [0.2, 0.25) is 0 Å². The van der Waals surface area contributed by atoms with E-state index in [0.717, 1.165) is 72.3 Å². The highest BCUT2D eigenvalue weighted by atomic mass is 79.9. The van der Waals surface area contributed by atoms with Gasteiger partial charge in [-0.3, -0.25) is 4.90 Å². The van der Waals surface area contributed by atoms with Gasteiger partial charge in [0, 0.05) is 33.2 Å². The number of nitrogens with zero attached hydrogens (tertiary/aromatic N) is 2. The third-order valence-corrected chi connectivity index (χ3v) is 8.03. The molecule has 1 N–H and O–H groups in total. The Balaban J connectivity index is 1.59. The number of hydrogen-bond acceptors (Lipinski definition) is 2. The SMILES string of the molecule is O=C(NC1CCCCC1)N(c1nc(C2CC2)c(Br)c2ccc(F)cc12)C1CCCCC1. The van der Waals surface area contributed by atoms with Gasteiger partial charge in [-0.25, -0.2) is 14.2 Å². The summed E-state index contributed by atoms with van der Waals surface area (Å²) in [5, 5.41) is 4.98. The molecule has 166 valence electrons. The average Bonchev–Trinajstić information content (AvgIpc) is 3.62. The molecule has 1 aromatic carbocycles. The lowest BCUT2D eigenvalue weighted by Gasteiger charge is -2.36. The normalized spacial score (nSPS) is 20.7. The molecule has 5 rings (SSSR count). The van der Waals surface area contributed by atoms with Gasteiger partial charge in [-0.15, -0.1) is 0 Å². The van der Waals surface area contributed by atoms with Gasteiger partial charge >= 0.3 is 6.03 Å². The number of urea groups is 1. The molecular weight excluding hydrogens is 457 g/mol. The molecule has 1 aromatic heterocycles. The number of fused-ring (bicyclic) bond motifs is 1. The minimum Gasteiger partial charge on any atom is -0.335 e. The van der Waals surface area contributed by atoms with Crippen LogP contribution in [0.4, 0.5) is 15.0 Å². The number of hydrogen-bond donors (Lipinski definition) is 1. The van der Waals surface area contributed by atoms with Crippen LogP contribution in [-0.2, 0) is 0 Å². The summed E-state index contributed by atoms with van der Waals surface area (Å²) in [6.45, 7) is 0. The molecule has 3 aliphatic carbocycles. The standard InChI is InChI=1S/C25H31BrFN3O/c26-22-20-14-13-17(27)15-21(20)24(29-23(22)16-11-12-16)30(19-9-5-2-6-10-19)25(31)28-18-7-3-1-4-8-18/h13-16,18-19H,1-12H2,(H,28,31). The second-order valence-corrected chi connectivity index (χ2v) is 10.3. The van der Waals surface area contributed by atoms with Crippen molar-refractivity contribution in [3.8, 4) is 0 Å². The fourth-order valence-electron chi connectivity index (χ4n) is 5.33. The molecule has 0 saturated heterocycles. The molecule has 3 saturated carbocycles. The molecule has 0 atom stereocenters. The third kappa shape index (κ3) is 4.46. The highest BCUT2D eigenvalue weighted by Gasteiger charge is 2.34. The first-order valence-corrected chi connectivity index (χ1v) is 12.8. The molecule has 6 heteroatoms. The molecule has 0 unspecified atom stereocenters. The van der Waals surface area contributed by atoms with E-state index in [-0.39, 0.29) is 23.9 Å². The van der Waals surface area contributed by atoms with Crippen LogP contribution in [0.25, 0.3) is 10.8 Å². The first-order chi connectivity index (χ1) is 15.1. The van der Waals surface area contributed by atoms with Gasteiger partial charge in [0.25, 0.3) is 0 Å². The summed E-state index contributed by atoms with van der Waals surface area (Å²) in [5.41, 5.74) is 1.01. The zero-order chi connectivity index (χ0) is 21.4. The monoisotopic (exact) mass is 487 g/mol. The molecule has 2 aromatic rings. The summed E-state index contributed by atoms with van der Waals surface area (Å²) in [6.07, 6.45) is 13.3. The number of pyridine rings is 1. The number of rotatable bonds is 4. The molecule has 0 bridgehead atoms. The Labute approximate surface area is 192 Å². The van der Waals surface area contributed by atoms with Gasteiger partial charge in [0.05, 0.1) is 5.69 Å². The van der Waals surface area contributed by atoms with E-state index in [0.29, 0.717) is 11.7 Å². The molecule has 4 nitrogen and oxygen atoms in total. The van der Waals surface area contributed by atoms with E-state index in [4.69, 9.17) is 4.98 Å². The molecule has 3 aliphatic rings. The van der Waals surface area contributed by atoms with E-state index in [9.17, 15) is 9.18 Å². The lowest BCUT2D eigenvalue weighted by Crippen LogP contribution is -2.51. The van der Waals surface area contributed by atoms with Gasteiger partial charge in [0.15, 0.2) is 0 Å². The van der Waals surface area contributed by atoms with E-state index in [1.54, 1.807) is 6.07 Å². The number of anilines is 1. The van der Waals surface area contributed by atoms with Crippen LogP contribution in [0.1, 0.15) is 88.7 Å². The van der Waals surface area contributed by atoms with Crippen LogP contribution in [0.15, 0.2) is 22.7 Å². The second kappa shape index (κ2) is 9.05. The number of carbonyl (C=O) groups is 1. The lowest BCUT2D eigenvalue weighted by molar-refractivity contribution is 0.233.